The van der Waals surface area contributed by atoms with Gasteiger partial charge in [0, 0.05) is 11.3 Å². The maximum Gasteiger partial charge on any atom is 0.300 e. The van der Waals surface area contributed by atoms with Gasteiger partial charge in [0.15, 0.2) is 0 Å². The largest absolute Gasteiger partial charge is 0.508 e. The minimum atomic E-state index is -0.898. The van der Waals surface area contributed by atoms with Gasteiger partial charge in [-0.3, -0.25) is 14.5 Å². The summed E-state index contributed by atoms with van der Waals surface area (Å²) < 4.78 is 5.50. The number of para-hydroxylation sites is 1. The highest BCUT2D eigenvalue weighted by atomic mass is 16.5. The first-order chi connectivity index (χ1) is 15.0. The van der Waals surface area contributed by atoms with Crippen molar-refractivity contribution in [1.82, 2.24) is 0 Å². The molecule has 3 aromatic carbocycles. The van der Waals surface area contributed by atoms with E-state index in [0.717, 1.165) is 0 Å². The van der Waals surface area contributed by atoms with Crippen molar-refractivity contribution in [2.45, 2.75) is 13.0 Å². The zero-order valence-corrected chi connectivity index (χ0v) is 16.9. The van der Waals surface area contributed by atoms with Crippen LogP contribution in [-0.4, -0.2) is 28.5 Å². The lowest BCUT2D eigenvalue weighted by Gasteiger charge is -2.25. The zero-order valence-electron chi connectivity index (χ0n) is 16.9. The molecule has 0 radical (unpaired) electrons. The number of ether oxygens (including phenoxy) is 1. The Balaban J connectivity index is 1.93. The summed E-state index contributed by atoms with van der Waals surface area (Å²) >= 11 is 0. The lowest BCUT2D eigenvalue weighted by atomic mass is 9.95. The van der Waals surface area contributed by atoms with Crippen LogP contribution >= 0.6 is 0 Å². The average molecular weight is 415 g/mol. The fraction of sp³-hybridized carbons (Fsp3) is 0.120. The van der Waals surface area contributed by atoms with E-state index in [1.165, 1.54) is 17.0 Å². The zero-order chi connectivity index (χ0) is 22.0. The minimum Gasteiger partial charge on any atom is -0.508 e. The molecule has 6 heteroatoms. The smallest absolute Gasteiger partial charge is 0.300 e. The van der Waals surface area contributed by atoms with Crippen molar-refractivity contribution in [2.24, 2.45) is 0 Å². The average Bonchev–Trinajstić information content (AvgIpc) is 3.05. The van der Waals surface area contributed by atoms with E-state index in [1.807, 2.05) is 13.0 Å². The predicted octanol–water partition coefficient (Wildman–Crippen LogP) is 4.42. The molecule has 0 aliphatic carbocycles. The third-order valence-electron chi connectivity index (χ3n) is 5.08. The summed E-state index contributed by atoms with van der Waals surface area (Å²) in [6.07, 6.45) is 0. The Hall–Kier alpha value is -4.06. The van der Waals surface area contributed by atoms with Crippen LogP contribution in [0.3, 0.4) is 0 Å². The number of aromatic hydroxyl groups is 1. The van der Waals surface area contributed by atoms with E-state index < -0.39 is 17.7 Å². The molecule has 1 aliphatic rings. The molecule has 1 fully saturated rings. The number of hydrogen-bond acceptors (Lipinski definition) is 5. The van der Waals surface area contributed by atoms with Crippen LogP contribution in [0.2, 0.25) is 0 Å². The van der Waals surface area contributed by atoms with Crippen molar-refractivity contribution in [3.05, 3.63) is 95.6 Å². The second-order valence-electron chi connectivity index (χ2n) is 7.06. The van der Waals surface area contributed by atoms with Crippen LogP contribution in [-0.2, 0) is 9.59 Å². The molecule has 1 saturated heterocycles. The van der Waals surface area contributed by atoms with E-state index in [1.54, 1.807) is 60.7 Å². The van der Waals surface area contributed by atoms with Gasteiger partial charge in [-0.15, -0.1) is 0 Å². The lowest BCUT2D eigenvalue weighted by molar-refractivity contribution is -0.132. The number of carbonyl (C=O) groups is 2. The van der Waals surface area contributed by atoms with E-state index >= 15 is 0 Å². The van der Waals surface area contributed by atoms with E-state index in [2.05, 4.69) is 0 Å². The van der Waals surface area contributed by atoms with Gasteiger partial charge in [-0.25, -0.2) is 0 Å². The Morgan fingerprint density at radius 1 is 0.968 bits per heavy atom. The van der Waals surface area contributed by atoms with Crippen molar-refractivity contribution < 1.29 is 24.5 Å². The van der Waals surface area contributed by atoms with Crippen molar-refractivity contribution in [3.8, 4) is 11.5 Å². The summed E-state index contributed by atoms with van der Waals surface area (Å²) in [6, 6.07) is 20.9. The molecule has 156 valence electrons. The molecule has 0 saturated carbocycles. The third kappa shape index (κ3) is 3.75. The number of phenols is 1. The van der Waals surface area contributed by atoms with Crippen LogP contribution in [0.25, 0.3) is 5.76 Å². The molecule has 31 heavy (non-hydrogen) atoms. The van der Waals surface area contributed by atoms with Gasteiger partial charge in [-0.1, -0.05) is 42.5 Å². The molecule has 1 heterocycles. The molecule has 0 aromatic heterocycles. The first kappa shape index (κ1) is 20.2. The first-order valence-corrected chi connectivity index (χ1v) is 9.89. The van der Waals surface area contributed by atoms with Gasteiger partial charge in [0.2, 0.25) is 0 Å². The monoisotopic (exact) mass is 415 g/mol. The molecule has 1 unspecified atom stereocenters. The standard InChI is InChI=1S/C25H21NO5/c1-2-31-20-13-7-9-17(15-20)23(28)21-22(16-8-6-12-19(27)14-16)26(25(30)24(21)29)18-10-4-3-5-11-18/h3-15,22,27-28H,2H2,1H3/b23-21-. The number of Topliss-reactive ketones (excluding diaryl/α,β-unsaturated/α-hetero) is 1. The Labute approximate surface area is 179 Å². The SMILES string of the molecule is CCOc1cccc(/C(O)=C2/C(=O)C(=O)N(c3ccccc3)C2c2cccc(O)c2)c1. The molecule has 0 spiro atoms. The highest BCUT2D eigenvalue weighted by molar-refractivity contribution is 6.51. The molecule has 6 nitrogen and oxygen atoms in total. The van der Waals surface area contributed by atoms with Crippen molar-refractivity contribution >= 4 is 23.1 Å². The summed E-state index contributed by atoms with van der Waals surface area (Å²) in [5, 5.41) is 21.1. The van der Waals surface area contributed by atoms with Gasteiger partial charge in [0.25, 0.3) is 11.7 Å². The molecule has 2 N–H and O–H groups in total. The van der Waals surface area contributed by atoms with Crippen LogP contribution in [0.5, 0.6) is 11.5 Å². The summed E-state index contributed by atoms with van der Waals surface area (Å²) in [5.74, 6) is -1.31. The van der Waals surface area contributed by atoms with Gasteiger partial charge in [-0.05, 0) is 48.9 Å². The third-order valence-corrected chi connectivity index (χ3v) is 5.08. The highest BCUT2D eigenvalue weighted by Crippen LogP contribution is 2.42. The fourth-order valence-corrected chi connectivity index (χ4v) is 3.75. The van der Waals surface area contributed by atoms with E-state index in [9.17, 15) is 19.8 Å². The molecule has 3 aromatic rings. The second kappa shape index (κ2) is 8.36. The number of aliphatic hydroxyl groups excluding tert-OH is 1. The van der Waals surface area contributed by atoms with E-state index in [0.29, 0.717) is 29.2 Å². The maximum atomic E-state index is 13.1. The fourth-order valence-electron chi connectivity index (χ4n) is 3.75. The van der Waals surface area contributed by atoms with Crippen molar-refractivity contribution in [2.75, 3.05) is 11.5 Å². The minimum absolute atomic E-state index is 0.00510. The Morgan fingerprint density at radius 3 is 2.42 bits per heavy atom. The molecular formula is C25H21NO5. The van der Waals surface area contributed by atoms with Crippen LogP contribution in [0.1, 0.15) is 24.1 Å². The topological polar surface area (TPSA) is 87.1 Å². The van der Waals surface area contributed by atoms with E-state index in [4.69, 9.17) is 4.74 Å². The van der Waals surface area contributed by atoms with E-state index in [-0.39, 0.29) is 17.1 Å². The number of benzene rings is 3. The Kier molecular flexibility index (Phi) is 5.45. The lowest BCUT2D eigenvalue weighted by Crippen LogP contribution is -2.29. The van der Waals surface area contributed by atoms with Gasteiger partial charge in [0.05, 0.1) is 18.2 Å². The molecule has 0 bridgehead atoms. The number of amides is 1. The number of nitrogens with zero attached hydrogens (tertiary/aromatic N) is 1. The quantitative estimate of drug-likeness (QED) is 0.366. The number of aliphatic hydroxyl groups is 1. The Morgan fingerprint density at radius 2 is 1.71 bits per heavy atom. The number of phenolic OH excluding ortho intramolecular Hbond substituents is 1. The second-order valence-corrected chi connectivity index (χ2v) is 7.06. The summed E-state index contributed by atoms with van der Waals surface area (Å²) in [7, 11) is 0. The van der Waals surface area contributed by atoms with Crippen LogP contribution in [0.15, 0.2) is 84.4 Å². The Bertz CT molecular complexity index is 1170. The van der Waals surface area contributed by atoms with Crippen molar-refractivity contribution in [1.29, 1.82) is 0 Å². The first-order valence-electron chi connectivity index (χ1n) is 9.89. The number of hydrogen-bond donors (Lipinski definition) is 2. The molecule has 4 rings (SSSR count). The summed E-state index contributed by atoms with van der Waals surface area (Å²) in [4.78, 5) is 27.5. The number of anilines is 1. The summed E-state index contributed by atoms with van der Waals surface area (Å²) in [6.45, 7) is 2.30. The molecular weight excluding hydrogens is 394 g/mol. The highest BCUT2D eigenvalue weighted by Gasteiger charge is 2.47. The van der Waals surface area contributed by atoms with Gasteiger partial charge >= 0.3 is 0 Å². The summed E-state index contributed by atoms with van der Waals surface area (Å²) in [5.41, 5.74) is 1.33. The van der Waals surface area contributed by atoms with Crippen LogP contribution < -0.4 is 9.64 Å². The number of carbonyl (C=O) groups excluding carboxylic acids is 2. The van der Waals surface area contributed by atoms with Crippen molar-refractivity contribution in [3.63, 3.8) is 0 Å². The van der Waals surface area contributed by atoms with Gasteiger partial charge in [-0.2, -0.15) is 0 Å². The number of rotatable bonds is 5. The molecule has 1 aliphatic heterocycles. The predicted molar refractivity (Wildman–Crippen MR) is 117 cm³/mol. The molecule has 1 amide bonds. The van der Waals surface area contributed by atoms with Crippen LogP contribution in [0.4, 0.5) is 5.69 Å². The molecule has 1 atom stereocenters. The maximum absolute atomic E-state index is 13.1. The normalized spacial score (nSPS) is 17.7. The van der Waals surface area contributed by atoms with Gasteiger partial charge in [0.1, 0.15) is 17.3 Å². The van der Waals surface area contributed by atoms with Gasteiger partial charge < -0.3 is 14.9 Å². The number of ketones is 1. The van der Waals surface area contributed by atoms with Crippen LogP contribution in [0, 0.1) is 0 Å².